The Kier molecular flexibility index (Phi) is 5.41. The molecule has 0 aliphatic rings. The topological polar surface area (TPSA) is 59.2 Å². The minimum Gasteiger partial charge on any atom is -0.368 e. The van der Waals surface area contributed by atoms with E-state index in [2.05, 4.69) is 27.8 Å². The molecule has 2 N–H and O–H groups in total. The zero-order valence-electron chi connectivity index (χ0n) is 10.2. The van der Waals surface area contributed by atoms with Gasteiger partial charge >= 0.3 is 0 Å². The average molecular weight is 300 g/mol. The number of unbranched alkanes of at least 4 members (excludes halogenated alkanes) is 1. The Balaban J connectivity index is 2.86. The first kappa shape index (κ1) is 14.0. The predicted octanol–water partition coefficient (Wildman–Crippen LogP) is 2.24. The Bertz CT molecular complexity index is 395. The average Bonchev–Trinajstić information content (AvgIpc) is 2.27. The Labute approximate surface area is 110 Å². The molecule has 1 amide bonds. The van der Waals surface area contributed by atoms with Crippen LogP contribution in [0.1, 0.15) is 25.5 Å². The van der Waals surface area contributed by atoms with Gasteiger partial charge in [-0.2, -0.15) is 0 Å². The van der Waals surface area contributed by atoms with Gasteiger partial charge in [0.25, 0.3) is 0 Å². The fourth-order valence-corrected chi connectivity index (χ4v) is 1.74. The van der Waals surface area contributed by atoms with Gasteiger partial charge in [0.1, 0.15) is 5.82 Å². The van der Waals surface area contributed by atoms with Crippen molar-refractivity contribution < 1.29 is 4.79 Å². The van der Waals surface area contributed by atoms with Crippen LogP contribution in [0.5, 0.6) is 0 Å². The molecule has 0 saturated carbocycles. The van der Waals surface area contributed by atoms with Crippen LogP contribution in [0.25, 0.3) is 0 Å². The molecule has 0 aromatic carbocycles. The molecule has 0 aliphatic carbocycles. The zero-order chi connectivity index (χ0) is 12.8. The number of aromatic nitrogens is 1. The number of amides is 1. The van der Waals surface area contributed by atoms with E-state index in [1.54, 1.807) is 0 Å². The standard InChI is InChI=1S/C12H18BrN3O/c1-3-4-7-16(8-11(14)17)12-6-5-10(13)9(2)15-12/h5-6H,3-4,7-8H2,1-2H3,(H2,14,17). The van der Waals surface area contributed by atoms with E-state index >= 15 is 0 Å². The molecule has 94 valence electrons. The van der Waals surface area contributed by atoms with Gasteiger partial charge in [0.15, 0.2) is 0 Å². The minimum atomic E-state index is -0.330. The first-order valence-corrected chi connectivity index (χ1v) is 6.50. The van der Waals surface area contributed by atoms with E-state index in [-0.39, 0.29) is 12.5 Å². The fourth-order valence-electron chi connectivity index (χ4n) is 1.52. The highest BCUT2D eigenvalue weighted by atomic mass is 79.9. The third-order valence-electron chi connectivity index (χ3n) is 2.46. The van der Waals surface area contributed by atoms with Crippen LogP contribution < -0.4 is 10.6 Å². The summed E-state index contributed by atoms with van der Waals surface area (Å²) >= 11 is 3.41. The largest absolute Gasteiger partial charge is 0.368 e. The van der Waals surface area contributed by atoms with Gasteiger partial charge in [-0.05, 0) is 41.4 Å². The number of hydrogen-bond donors (Lipinski definition) is 1. The number of halogens is 1. The summed E-state index contributed by atoms with van der Waals surface area (Å²) in [4.78, 5) is 17.4. The van der Waals surface area contributed by atoms with Gasteiger partial charge in [0, 0.05) is 11.0 Å². The number of carbonyl (C=O) groups is 1. The monoisotopic (exact) mass is 299 g/mol. The van der Waals surface area contributed by atoms with Crippen molar-refractivity contribution >= 4 is 27.7 Å². The number of anilines is 1. The van der Waals surface area contributed by atoms with Crippen molar-refractivity contribution in [3.8, 4) is 0 Å². The Morgan fingerprint density at radius 3 is 2.76 bits per heavy atom. The van der Waals surface area contributed by atoms with Crippen molar-refractivity contribution in [2.45, 2.75) is 26.7 Å². The molecule has 1 aromatic heterocycles. The van der Waals surface area contributed by atoms with Crippen LogP contribution in [0.15, 0.2) is 16.6 Å². The summed E-state index contributed by atoms with van der Waals surface area (Å²) in [5.41, 5.74) is 6.16. The molecule has 0 atom stereocenters. The number of nitrogens with two attached hydrogens (primary N) is 1. The zero-order valence-corrected chi connectivity index (χ0v) is 11.8. The molecule has 0 radical (unpaired) electrons. The first-order valence-electron chi connectivity index (χ1n) is 5.71. The lowest BCUT2D eigenvalue weighted by Crippen LogP contribution is -2.35. The van der Waals surface area contributed by atoms with Crippen molar-refractivity contribution in [2.24, 2.45) is 5.73 Å². The maximum absolute atomic E-state index is 11.0. The second kappa shape index (κ2) is 6.59. The summed E-state index contributed by atoms with van der Waals surface area (Å²) in [6.45, 7) is 5.06. The Morgan fingerprint density at radius 2 is 2.24 bits per heavy atom. The van der Waals surface area contributed by atoms with Gasteiger partial charge < -0.3 is 10.6 Å². The summed E-state index contributed by atoms with van der Waals surface area (Å²) in [5, 5.41) is 0. The number of pyridine rings is 1. The quantitative estimate of drug-likeness (QED) is 0.876. The maximum Gasteiger partial charge on any atom is 0.236 e. The number of rotatable bonds is 6. The molecule has 0 unspecified atom stereocenters. The van der Waals surface area contributed by atoms with E-state index in [9.17, 15) is 4.79 Å². The SMILES string of the molecule is CCCCN(CC(N)=O)c1ccc(Br)c(C)n1. The maximum atomic E-state index is 11.0. The summed E-state index contributed by atoms with van der Waals surface area (Å²) < 4.78 is 0.968. The molecule has 5 heteroatoms. The van der Waals surface area contributed by atoms with E-state index < -0.39 is 0 Å². The Morgan fingerprint density at radius 1 is 1.53 bits per heavy atom. The van der Waals surface area contributed by atoms with E-state index in [1.807, 2.05) is 24.0 Å². The van der Waals surface area contributed by atoms with Crippen molar-refractivity contribution in [1.82, 2.24) is 4.98 Å². The van der Waals surface area contributed by atoms with E-state index in [4.69, 9.17) is 5.73 Å². The molecule has 0 fully saturated rings. The van der Waals surface area contributed by atoms with Crippen LogP contribution in [0.3, 0.4) is 0 Å². The molecule has 1 rings (SSSR count). The number of carbonyl (C=O) groups excluding carboxylic acids is 1. The third-order valence-corrected chi connectivity index (χ3v) is 3.30. The van der Waals surface area contributed by atoms with Crippen molar-refractivity contribution in [3.05, 3.63) is 22.3 Å². The second-order valence-electron chi connectivity index (χ2n) is 3.98. The van der Waals surface area contributed by atoms with Crippen molar-refractivity contribution in [3.63, 3.8) is 0 Å². The normalized spacial score (nSPS) is 10.3. The molecule has 17 heavy (non-hydrogen) atoms. The lowest BCUT2D eigenvalue weighted by atomic mass is 10.3. The summed E-state index contributed by atoms with van der Waals surface area (Å²) in [6, 6.07) is 3.84. The first-order chi connectivity index (χ1) is 8.04. The van der Waals surface area contributed by atoms with Gasteiger partial charge in [-0.3, -0.25) is 4.79 Å². The van der Waals surface area contributed by atoms with E-state index in [0.717, 1.165) is 35.4 Å². The van der Waals surface area contributed by atoms with Crippen LogP contribution >= 0.6 is 15.9 Å². The third kappa shape index (κ3) is 4.34. The number of hydrogen-bond acceptors (Lipinski definition) is 3. The molecule has 1 heterocycles. The van der Waals surface area contributed by atoms with E-state index in [0.29, 0.717) is 0 Å². The highest BCUT2D eigenvalue weighted by Gasteiger charge is 2.11. The molecule has 0 aliphatic heterocycles. The summed E-state index contributed by atoms with van der Waals surface area (Å²) in [7, 11) is 0. The van der Waals surface area contributed by atoms with Crippen LogP contribution in [0.2, 0.25) is 0 Å². The minimum absolute atomic E-state index is 0.216. The van der Waals surface area contributed by atoms with Gasteiger partial charge in [0.2, 0.25) is 5.91 Å². The molecule has 1 aromatic rings. The molecule has 4 nitrogen and oxygen atoms in total. The van der Waals surface area contributed by atoms with Crippen LogP contribution in [-0.2, 0) is 4.79 Å². The fraction of sp³-hybridized carbons (Fsp3) is 0.500. The smallest absolute Gasteiger partial charge is 0.236 e. The highest BCUT2D eigenvalue weighted by molar-refractivity contribution is 9.10. The number of nitrogens with zero attached hydrogens (tertiary/aromatic N) is 2. The van der Waals surface area contributed by atoms with Crippen LogP contribution in [-0.4, -0.2) is 24.0 Å². The van der Waals surface area contributed by atoms with Crippen LogP contribution in [0.4, 0.5) is 5.82 Å². The van der Waals surface area contributed by atoms with E-state index in [1.165, 1.54) is 0 Å². The summed E-state index contributed by atoms with van der Waals surface area (Å²) in [6.07, 6.45) is 2.09. The van der Waals surface area contributed by atoms with Gasteiger partial charge in [-0.1, -0.05) is 13.3 Å². The molecule has 0 spiro atoms. The lowest BCUT2D eigenvalue weighted by Gasteiger charge is -2.22. The van der Waals surface area contributed by atoms with Crippen molar-refractivity contribution in [1.29, 1.82) is 0 Å². The van der Waals surface area contributed by atoms with Crippen LogP contribution in [0, 0.1) is 6.92 Å². The van der Waals surface area contributed by atoms with Crippen molar-refractivity contribution in [2.75, 3.05) is 18.0 Å². The number of aryl methyl sites for hydroxylation is 1. The molecule has 0 saturated heterocycles. The lowest BCUT2D eigenvalue weighted by molar-refractivity contribution is -0.116. The molecule has 0 bridgehead atoms. The molecular formula is C12H18BrN3O. The predicted molar refractivity (Wildman–Crippen MR) is 73.0 cm³/mol. The highest BCUT2D eigenvalue weighted by Crippen LogP contribution is 2.19. The second-order valence-corrected chi connectivity index (χ2v) is 4.83. The van der Waals surface area contributed by atoms with Gasteiger partial charge in [-0.25, -0.2) is 4.98 Å². The summed E-state index contributed by atoms with van der Waals surface area (Å²) in [5.74, 6) is 0.474. The van der Waals surface area contributed by atoms with Gasteiger partial charge in [-0.15, -0.1) is 0 Å². The number of primary amides is 1. The van der Waals surface area contributed by atoms with Gasteiger partial charge in [0.05, 0.1) is 12.2 Å². The molecular weight excluding hydrogens is 282 g/mol. The Hall–Kier alpha value is -1.10.